The number of rotatable bonds is 7. The summed E-state index contributed by atoms with van der Waals surface area (Å²) < 4.78 is 8.14. The zero-order valence-corrected chi connectivity index (χ0v) is 21.0. The molecule has 0 saturated carbocycles. The molecule has 1 N–H and O–H groups in total. The van der Waals surface area contributed by atoms with Crippen molar-refractivity contribution >= 4 is 39.0 Å². The zero-order chi connectivity index (χ0) is 25.8. The Bertz CT molecular complexity index is 1680. The van der Waals surface area contributed by atoms with Crippen LogP contribution in [0.15, 0.2) is 111 Å². The summed E-state index contributed by atoms with van der Waals surface area (Å²) in [6.45, 7) is 0.231. The van der Waals surface area contributed by atoms with Crippen LogP contribution in [-0.2, 0) is 6.61 Å². The number of benzene rings is 4. The molecule has 37 heavy (non-hydrogen) atoms. The normalized spacial score (nSPS) is 11.2. The van der Waals surface area contributed by atoms with Gasteiger partial charge >= 0.3 is 5.97 Å². The Morgan fingerprint density at radius 3 is 2.46 bits per heavy atom. The average Bonchev–Trinajstić information content (AvgIpc) is 2.92. The molecule has 0 amide bonds. The van der Waals surface area contributed by atoms with E-state index in [9.17, 15) is 9.59 Å². The molecule has 1 aromatic heterocycles. The lowest BCUT2D eigenvalue weighted by Gasteiger charge is -2.11. The molecule has 0 radical (unpaired) electrons. The Kier molecular flexibility index (Phi) is 6.91. The molecular weight excluding hydrogens is 534 g/mol. The third kappa shape index (κ3) is 5.34. The van der Waals surface area contributed by atoms with Crippen molar-refractivity contribution < 1.29 is 14.6 Å². The minimum Gasteiger partial charge on any atom is -0.488 e. The van der Waals surface area contributed by atoms with Gasteiger partial charge < -0.3 is 9.84 Å². The first-order valence-corrected chi connectivity index (χ1v) is 12.1. The number of hydrogen-bond donors (Lipinski definition) is 1. The number of halogens is 1. The molecule has 0 aliphatic rings. The van der Waals surface area contributed by atoms with Crippen LogP contribution in [0.5, 0.6) is 5.75 Å². The van der Waals surface area contributed by atoms with Crippen molar-refractivity contribution in [3.8, 4) is 17.1 Å². The highest BCUT2D eigenvalue weighted by Crippen LogP contribution is 2.24. The number of carboxylic acids is 1. The molecule has 182 valence electrons. The Morgan fingerprint density at radius 2 is 1.70 bits per heavy atom. The molecule has 0 spiro atoms. The molecular formula is C29H20BrN3O4. The SMILES string of the molecule is O=C(O)c1ccc(COc2ccc(Br)cc2C=Nn2c(-c3ccccc3)nc3ccccc3c2=O)cc1. The van der Waals surface area contributed by atoms with Crippen LogP contribution in [-0.4, -0.2) is 27.0 Å². The maximum Gasteiger partial charge on any atom is 0.335 e. The third-order valence-electron chi connectivity index (χ3n) is 5.67. The first-order chi connectivity index (χ1) is 18.0. The zero-order valence-electron chi connectivity index (χ0n) is 19.4. The van der Waals surface area contributed by atoms with E-state index in [1.54, 1.807) is 42.6 Å². The van der Waals surface area contributed by atoms with Crippen molar-refractivity contribution in [3.63, 3.8) is 0 Å². The number of hydrogen-bond acceptors (Lipinski definition) is 5. The van der Waals surface area contributed by atoms with Gasteiger partial charge in [0.2, 0.25) is 0 Å². The summed E-state index contributed by atoms with van der Waals surface area (Å²) in [7, 11) is 0. The highest BCUT2D eigenvalue weighted by atomic mass is 79.9. The van der Waals surface area contributed by atoms with Crippen LogP contribution >= 0.6 is 15.9 Å². The number of para-hydroxylation sites is 1. The van der Waals surface area contributed by atoms with Crippen molar-refractivity contribution in [3.05, 3.63) is 129 Å². The largest absolute Gasteiger partial charge is 0.488 e. The van der Waals surface area contributed by atoms with E-state index < -0.39 is 5.97 Å². The number of aromatic carboxylic acids is 1. The van der Waals surface area contributed by atoms with E-state index in [0.717, 1.165) is 15.6 Å². The van der Waals surface area contributed by atoms with Gasteiger partial charge in [0.25, 0.3) is 5.56 Å². The van der Waals surface area contributed by atoms with Gasteiger partial charge in [-0.1, -0.05) is 70.5 Å². The van der Waals surface area contributed by atoms with Gasteiger partial charge in [0.05, 0.1) is 22.7 Å². The molecule has 0 atom stereocenters. The minimum atomic E-state index is -0.979. The van der Waals surface area contributed by atoms with Crippen LogP contribution in [0.25, 0.3) is 22.3 Å². The van der Waals surface area contributed by atoms with Crippen LogP contribution in [0, 0.1) is 0 Å². The summed E-state index contributed by atoms with van der Waals surface area (Å²) >= 11 is 3.48. The van der Waals surface area contributed by atoms with E-state index >= 15 is 0 Å². The third-order valence-corrected chi connectivity index (χ3v) is 6.16. The Morgan fingerprint density at radius 1 is 0.973 bits per heavy atom. The maximum absolute atomic E-state index is 13.4. The highest BCUT2D eigenvalue weighted by molar-refractivity contribution is 9.10. The van der Waals surface area contributed by atoms with Crippen molar-refractivity contribution in [2.24, 2.45) is 5.10 Å². The minimum absolute atomic E-state index is 0.212. The molecule has 0 aliphatic carbocycles. The lowest BCUT2D eigenvalue weighted by atomic mass is 10.1. The first kappa shape index (κ1) is 24.1. The van der Waals surface area contributed by atoms with E-state index in [-0.39, 0.29) is 17.7 Å². The molecule has 0 saturated heterocycles. The standard InChI is InChI=1S/C29H20BrN3O4/c30-23-14-15-26(37-18-19-10-12-21(13-11-19)29(35)36)22(16-23)17-31-33-27(20-6-2-1-3-7-20)32-25-9-5-4-8-24(25)28(33)34/h1-17H,18H2,(H,35,36). The van der Waals surface area contributed by atoms with Crippen molar-refractivity contribution in [1.82, 2.24) is 9.66 Å². The number of nitrogens with zero attached hydrogens (tertiary/aromatic N) is 3. The maximum atomic E-state index is 13.4. The van der Waals surface area contributed by atoms with Crippen LogP contribution in [0.2, 0.25) is 0 Å². The summed E-state index contributed by atoms with van der Waals surface area (Å²) in [6.07, 6.45) is 1.57. The van der Waals surface area contributed by atoms with Crippen LogP contribution in [0.3, 0.4) is 0 Å². The molecule has 1 heterocycles. The highest BCUT2D eigenvalue weighted by Gasteiger charge is 2.13. The van der Waals surface area contributed by atoms with Gasteiger partial charge in [0.1, 0.15) is 12.4 Å². The lowest BCUT2D eigenvalue weighted by molar-refractivity contribution is 0.0697. The molecule has 0 fully saturated rings. The van der Waals surface area contributed by atoms with Gasteiger partial charge in [-0.05, 0) is 48.0 Å². The second-order valence-electron chi connectivity index (χ2n) is 8.15. The molecule has 5 aromatic rings. The number of aromatic nitrogens is 2. The molecule has 0 bridgehead atoms. The number of carbonyl (C=O) groups is 1. The molecule has 7 nitrogen and oxygen atoms in total. The molecule has 0 aliphatic heterocycles. The second kappa shape index (κ2) is 10.6. The summed E-state index contributed by atoms with van der Waals surface area (Å²) in [5.41, 5.74) is 2.75. The molecule has 8 heteroatoms. The van der Waals surface area contributed by atoms with Gasteiger partial charge in [-0.2, -0.15) is 9.78 Å². The predicted octanol–water partition coefficient (Wildman–Crippen LogP) is 5.99. The molecule has 4 aromatic carbocycles. The monoisotopic (exact) mass is 553 g/mol. The van der Waals surface area contributed by atoms with Gasteiger partial charge in [0.15, 0.2) is 5.82 Å². The second-order valence-corrected chi connectivity index (χ2v) is 9.07. The van der Waals surface area contributed by atoms with E-state index in [1.165, 1.54) is 16.8 Å². The van der Waals surface area contributed by atoms with E-state index in [0.29, 0.717) is 28.0 Å². The number of carboxylic acid groups (broad SMARTS) is 1. The summed E-state index contributed by atoms with van der Waals surface area (Å²) in [5.74, 6) is 0.000950. The van der Waals surface area contributed by atoms with E-state index in [1.807, 2.05) is 48.5 Å². The van der Waals surface area contributed by atoms with Gasteiger partial charge in [-0.15, -0.1) is 0 Å². The van der Waals surface area contributed by atoms with Gasteiger partial charge in [0, 0.05) is 15.6 Å². The van der Waals surface area contributed by atoms with Crippen molar-refractivity contribution in [2.45, 2.75) is 6.61 Å². The average molecular weight is 554 g/mol. The van der Waals surface area contributed by atoms with E-state index in [2.05, 4.69) is 21.0 Å². The van der Waals surface area contributed by atoms with Crippen molar-refractivity contribution in [2.75, 3.05) is 0 Å². The summed E-state index contributed by atoms with van der Waals surface area (Å²) in [5, 5.41) is 14.1. The van der Waals surface area contributed by atoms with E-state index in [4.69, 9.17) is 14.8 Å². The first-order valence-electron chi connectivity index (χ1n) is 11.4. The molecule has 5 rings (SSSR count). The van der Waals surface area contributed by atoms with Crippen LogP contribution in [0.1, 0.15) is 21.5 Å². The smallest absolute Gasteiger partial charge is 0.335 e. The van der Waals surface area contributed by atoms with Crippen molar-refractivity contribution in [1.29, 1.82) is 0 Å². The quantitative estimate of drug-likeness (QED) is 0.250. The van der Waals surface area contributed by atoms with Gasteiger partial charge in [-0.25, -0.2) is 9.78 Å². The summed E-state index contributed by atoms with van der Waals surface area (Å²) in [6, 6.07) is 28.6. The topological polar surface area (TPSA) is 93.8 Å². The van der Waals surface area contributed by atoms with Gasteiger partial charge in [-0.3, -0.25) is 4.79 Å². The fourth-order valence-corrected chi connectivity index (χ4v) is 4.16. The Balaban J connectivity index is 1.51. The summed E-state index contributed by atoms with van der Waals surface area (Å²) in [4.78, 5) is 29.2. The predicted molar refractivity (Wildman–Crippen MR) is 146 cm³/mol. The fourth-order valence-electron chi connectivity index (χ4n) is 3.78. The molecule has 0 unspecified atom stereocenters. The van der Waals surface area contributed by atoms with Crippen LogP contribution in [0.4, 0.5) is 0 Å². The Labute approximate surface area is 220 Å². The Hall–Kier alpha value is -4.56. The number of fused-ring (bicyclic) bond motifs is 1. The number of ether oxygens (including phenoxy) is 1. The van der Waals surface area contributed by atoms with Crippen LogP contribution < -0.4 is 10.3 Å². The lowest BCUT2D eigenvalue weighted by Crippen LogP contribution is -2.20. The fraction of sp³-hybridized carbons (Fsp3) is 0.0345.